The molecule has 0 heterocycles. The molecule has 0 saturated heterocycles. The highest BCUT2D eigenvalue weighted by atomic mass is 16.1. The maximum absolute atomic E-state index is 9.67. The molecule has 0 fully saturated rings. The molecule has 0 aliphatic carbocycles. The third kappa shape index (κ3) is 1.52. The molecule has 0 amide bonds. The van der Waals surface area contributed by atoms with E-state index in [1.807, 2.05) is 0 Å². The van der Waals surface area contributed by atoms with Gasteiger partial charge in [0, 0.05) is 0 Å². The minimum atomic E-state index is 0.590. The van der Waals surface area contributed by atoms with Gasteiger partial charge in [-0.05, 0) is 18.2 Å². The van der Waals surface area contributed by atoms with Gasteiger partial charge in [0.05, 0.1) is 5.69 Å². The number of isocyanates is 1. The Balaban J connectivity index is 2.97. The molecule has 43 valence electrons. The van der Waals surface area contributed by atoms with Crippen LogP contribution in [0, 0.1) is 6.07 Å². The molecule has 1 rings (SSSR count). The fourth-order valence-corrected chi connectivity index (χ4v) is 0.506. The van der Waals surface area contributed by atoms with Crippen molar-refractivity contribution in [1.82, 2.24) is 0 Å². The Labute approximate surface area is 52.9 Å². The Morgan fingerprint density at radius 3 is 3.11 bits per heavy atom. The molecule has 0 atom stereocenters. The van der Waals surface area contributed by atoms with Crippen molar-refractivity contribution in [3.05, 3.63) is 30.3 Å². The Kier molecular flexibility index (Phi) is 1.78. The molecule has 0 unspecified atom stereocenters. The molecule has 2 nitrogen and oxygen atoms in total. The van der Waals surface area contributed by atoms with Gasteiger partial charge in [-0.25, -0.2) is 4.79 Å². The van der Waals surface area contributed by atoms with Gasteiger partial charge in [-0.1, -0.05) is 12.1 Å². The maximum Gasteiger partial charge on any atom is 0.240 e. The van der Waals surface area contributed by atoms with Crippen LogP contribution < -0.4 is 0 Å². The fraction of sp³-hybridized carbons (Fsp3) is 0. The number of carbonyl (C=O) groups excluding carboxylic acids is 1. The highest BCUT2D eigenvalue weighted by Crippen LogP contribution is 2.06. The van der Waals surface area contributed by atoms with E-state index in [2.05, 4.69) is 11.1 Å². The fourth-order valence-electron chi connectivity index (χ4n) is 0.506. The van der Waals surface area contributed by atoms with Crippen molar-refractivity contribution in [2.75, 3.05) is 0 Å². The summed E-state index contributed by atoms with van der Waals surface area (Å²) >= 11 is 0. The van der Waals surface area contributed by atoms with E-state index in [4.69, 9.17) is 0 Å². The molecule has 0 aliphatic rings. The lowest BCUT2D eigenvalue weighted by Gasteiger charge is -1.82. The normalized spacial score (nSPS) is 8.00. The van der Waals surface area contributed by atoms with Gasteiger partial charge >= 0.3 is 0 Å². The Hall–Kier alpha value is -1.40. The summed E-state index contributed by atoms with van der Waals surface area (Å²) in [5.41, 5.74) is 0.590. The van der Waals surface area contributed by atoms with Gasteiger partial charge in [-0.3, -0.25) is 0 Å². The predicted octanol–water partition coefficient (Wildman–Crippen LogP) is 1.45. The van der Waals surface area contributed by atoms with Crippen LogP contribution in [-0.2, 0) is 4.79 Å². The third-order valence-corrected chi connectivity index (χ3v) is 0.865. The van der Waals surface area contributed by atoms with Crippen LogP contribution in [0.15, 0.2) is 29.3 Å². The van der Waals surface area contributed by atoms with E-state index >= 15 is 0 Å². The van der Waals surface area contributed by atoms with Crippen molar-refractivity contribution in [2.24, 2.45) is 4.99 Å². The standard InChI is InChI=1S/C7H4NO/c9-6-8-7-4-2-1-3-5-7/h1-2,4-5H. The minimum Gasteiger partial charge on any atom is -0.211 e. The van der Waals surface area contributed by atoms with Crippen LogP contribution in [0.2, 0.25) is 0 Å². The smallest absolute Gasteiger partial charge is 0.211 e. The first-order valence-corrected chi connectivity index (χ1v) is 2.47. The van der Waals surface area contributed by atoms with Crippen LogP contribution in [0.4, 0.5) is 5.69 Å². The number of nitrogens with zero attached hydrogens (tertiary/aromatic N) is 1. The van der Waals surface area contributed by atoms with E-state index in [1.165, 1.54) is 6.08 Å². The van der Waals surface area contributed by atoms with Crippen molar-refractivity contribution < 1.29 is 4.79 Å². The lowest BCUT2D eigenvalue weighted by atomic mass is 10.3. The van der Waals surface area contributed by atoms with E-state index in [1.54, 1.807) is 24.3 Å². The molecule has 1 aromatic rings. The summed E-state index contributed by atoms with van der Waals surface area (Å²) in [6, 6.07) is 9.60. The van der Waals surface area contributed by atoms with Crippen molar-refractivity contribution in [3.8, 4) is 0 Å². The zero-order chi connectivity index (χ0) is 6.53. The summed E-state index contributed by atoms with van der Waals surface area (Å²) in [6.07, 6.45) is 1.44. The average molecular weight is 118 g/mol. The van der Waals surface area contributed by atoms with E-state index in [0.717, 1.165) is 0 Å². The summed E-state index contributed by atoms with van der Waals surface area (Å²) in [4.78, 5) is 13.0. The SMILES string of the molecule is O=C=Nc1c[c]ccc1. The van der Waals surface area contributed by atoms with Crippen LogP contribution in [-0.4, -0.2) is 6.08 Å². The molecule has 1 aromatic carbocycles. The van der Waals surface area contributed by atoms with Crippen LogP contribution in [0.1, 0.15) is 0 Å². The topological polar surface area (TPSA) is 29.4 Å². The molecule has 0 aliphatic heterocycles. The van der Waals surface area contributed by atoms with Gasteiger partial charge in [0.1, 0.15) is 0 Å². The maximum atomic E-state index is 9.67. The van der Waals surface area contributed by atoms with Crippen LogP contribution in [0.25, 0.3) is 0 Å². The Bertz CT molecular complexity index is 224. The van der Waals surface area contributed by atoms with Gasteiger partial charge in [-0.15, -0.1) is 0 Å². The summed E-state index contributed by atoms with van der Waals surface area (Å²) in [5.74, 6) is 0. The number of rotatable bonds is 1. The quantitative estimate of drug-likeness (QED) is 0.405. The van der Waals surface area contributed by atoms with E-state index in [0.29, 0.717) is 5.69 Å². The minimum absolute atomic E-state index is 0.590. The molecule has 9 heavy (non-hydrogen) atoms. The molecule has 0 spiro atoms. The molecule has 0 aromatic heterocycles. The predicted molar refractivity (Wildman–Crippen MR) is 33.1 cm³/mol. The number of hydrogen-bond donors (Lipinski definition) is 0. The lowest BCUT2D eigenvalue weighted by Crippen LogP contribution is -1.59. The Morgan fingerprint density at radius 2 is 2.56 bits per heavy atom. The first kappa shape index (κ1) is 5.73. The summed E-state index contributed by atoms with van der Waals surface area (Å²) < 4.78 is 0. The zero-order valence-corrected chi connectivity index (χ0v) is 4.66. The molecule has 2 heteroatoms. The number of aliphatic imine (C=N–C) groups is 1. The molecule has 0 saturated carbocycles. The highest BCUT2D eigenvalue weighted by molar-refractivity contribution is 5.47. The molecule has 1 radical (unpaired) electrons. The van der Waals surface area contributed by atoms with E-state index < -0.39 is 0 Å². The van der Waals surface area contributed by atoms with E-state index in [9.17, 15) is 4.79 Å². The van der Waals surface area contributed by atoms with Crippen molar-refractivity contribution >= 4 is 11.8 Å². The first-order chi connectivity index (χ1) is 4.43. The number of benzene rings is 1. The third-order valence-electron chi connectivity index (χ3n) is 0.865. The molecular weight excluding hydrogens is 114 g/mol. The van der Waals surface area contributed by atoms with Gasteiger partial charge in [0.15, 0.2) is 0 Å². The highest BCUT2D eigenvalue weighted by Gasteiger charge is 1.80. The van der Waals surface area contributed by atoms with E-state index in [-0.39, 0.29) is 0 Å². The average Bonchev–Trinajstić information content (AvgIpc) is 1.91. The summed E-state index contributed by atoms with van der Waals surface area (Å²) in [5, 5.41) is 0. The van der Waals surface area contributed by atoms with Gasteiger partial charge in [0.25, 0.3) is 0 Å². The zero-order valence-electron chi connectivity index (χ0n) is 4.66. The first-order valence-electron chi connectivity index (χ1n) is 2.47. The van der Waals surface area contributed by atoms with Crippen LogP contribution in [0.5, 0.6) is 0 Å². The van der Waals surface area contributed by atoms with Crippen molar-refractivity contribution in [1.29, 1.82) is 0 Å². The second-order valence-electron chi connectivity index (χ2n) is 1.46. The lowest BCUT2D eigenvalue weighted by molar-refractivity contribution is 0.565. The summed E-state index contributed by atoms with van der Waals surface area (Å²) in [7, 11) is 0. The number of hydrogen-bond acceptors (Lipinski definition) is 2. The van der Waals surface area contributed by atoms with Crippen LogP contribution in [0.3, 0.4) is 0 Å². The molecular formula is C7H4NO. The molecule has 0 N–H and O–H groups in total. The van der Waals surface area contributed by atoms with Crippen molar-refractivity contribution in [2.45, 2.75) is 0 Å². The largest absolute Gasteiger partial charge is 0.240 e. The van der Waals surface area contributed by atoms with Gasteiger partial charge < -0.3 is 0 Å². The summed E-state index contributed by atoms with van der Waals surface area (Å²) in [6.45, 7) is 0. The monoisotopic (exact) mass is 118 g/mol. The second kappa shape index (κ2) is 2.80. The van der Waals surface area contributed by atoms with Gasteiger partial charge in [0.2, 0.25) is 6.08 Å². The Morgan fingerprint density at radius 1 is 1.67 bits per heavy atom. The molecule has 0 bridgehead atoms. The second-order valence-corrected chi connectivity index (χ2v) is 1.46. The van der Waals surface area contributed by atoms with Gasteiger partial charge in [-0.2, -0.15) is 4.99 Å². The van der Waals surface area contributed by atoms with Crippen molar-refractivity contribution in [3.63, 3.8) is 0 Å². The van der Waals surface area contributed by atoms with Crippen LogP contribution >= 0.6 is 0 Å².